The molecule has 2 amide bonds. The van der Waals surface area contributed by atoms with E-state index < -0.39 is 0 Å². The van der Waals surface area contributed by atoms with Gasteiger partial charge in [0.1, 0.15) is 0 Å². The van der Waals surface area contributed by atoms with E-state index in [4.69, 9.17) is 11.6 Å². The van der Waals surface area contributed by atoms with E-state index in [2.05, 4.69) is 10.6 Å². The predicted molar refractivity (Wildman–Crippen MR) is 116 cm³/mol. The lowest BCUT2D eigenvalue weighted by Gasteiger charge is -2.23. The molecular weight excluding hydrogens is 392 g/mol. The Kier molecular flexibility index (Phi) is 7.40. The lowest BCUT2D eigenvalue weighted by Crippen LogP contribution is -2.36. The summed E-state index contributed by atoms with van der Waals surface area (Å²) in [4.78, 5) is 26.4. The summed E-state index contributed by atoms with van der Waals surface area (Å²) in [6, 6.07) is 14.8. The number of amides is 2. The molecule has 3 rings (SSSR count). The number of anilines is 1. The largest absolute Gasteiger partial charge is 0.349 e. The van der Waals surface area contributed by atoms with Gasteiger partial charge in [-0.15, -0.1) is 11.8 Å². The summed E-state index contributed by atoms with van der Waals surface area (Å²) in [5, 5.41) is 6.39. The second-order valence-corrected chi connectivity index (χ2v) is 8.91. The smallest absolute Gasteiger partial charge is 0.253 e. The van der Waals surface area contributed by atoms with Crippen LogP contribution in [0, 0.1) is 0 Å². The maximum absolute atomic E-state index is 12.7. The van der Waals surface area contributed by atoms with Crippen molar-refractivity contribution in [3.05, 3.63) is 59.1 Å². The fourth-order valence-electron chi connectivity index (χ4n) is 3.31. The molecule has 1 saturated carbocycles. The van der Waals surface area contributed by atoms with E-state index in [1.807, 2.05) is 31.2 Å². The molecule has 0 bridgehead atoms. The first-order valence-corrected chi connectivity index (χ1v) is 10.9. The van der Waals surface area contributed by atoms with Crippen molar-refractivity contribution in [2.75, 3.05) is 5.32 Å². The highest BCUT2D eigenvalue weighted by molar-refractivity contribution is 8.00. The maximum Gasteiger partial charge on any atom is 0.253 e. The molecule has 6 heteroatoms. The minimum Gasteiger partial charge on any atom is -0.349 e. The van der Waals surface area contributed by atoms with E-state index in [0.29, 0.717) is 16.3 Å². The van der Waals surface area contributed by atoms with Crippen molar-refractivity contribution in [3.63, 3.8) is 0 Å². The molecule has 28 heavy (non-hydrogen) atoms. The van der Waals surface area contributed by atoms with Gasteiger partial charge in [-0.25, -0.2) is 0 Å². The number of thioether (sulfide) groups is 1. The zero-order valence-corrected chi connectivity index (χ0v) is 17.5. The Morgan fingerprint density at radius 1 is 1.04 bits per heavy atom. The van der Waals surface area contributed by atoms with Gasteiger partial charge in [-0.2, -0.15) is 0 Å². The molecular formula is C22H25ClN2O2S. The number of para-hydroxylation sites is 1. The molecule has 2 N–H and O–H groups in total. The number of benzene rings is 2. The van der Waals surface area contributed by atoms with Gasteiger partial charge in [0.2, 0.25) is 5.91 Å². The Labute approximate surface area is 175 Å². The number of hydrogen-bond donors (Lipinski definition) is 2. The van der Waals surface area contributed by atoms with Gasteiger partial charge in [-0.05, 0) is 56.2 Å². The summed E-state index contributed by atoms with van der Waals surface area (Å²) in [6.07, 6.45) is 5.60. The molecule has 2 aromatic rings. The number of halogens is 1. The predicted octanol–water partition coefficient (Wildman–Crippen LogP) is 5.52. The van der Waals surface area contributed by atoms with Crippen LogP contribution in [0.25, 0.3) is 0 Å². The van der Waals surface area contributed by atoms with Crippen LogP contribution in [0.2, 0.25) is 5.02 Å². The first-order chi connectivity index (χ1) is 13.5. The first kappa shape index (κ1) is 20.7. The van der Waals surface area contributed by atoms with Crippen LogP contribution in [0.3, 0.4) is 0 Å². The number of carbonyl (C=O) groups excluding carboxylic acids is 2. The molecule has 4 nitrogen and oxygen atoms in total. The molecule has 1 atom stereocenters. The van der Waals surface area contributed by atoms with Crippen molar-refractivity contribution in [2.45, 2.75) is 55.2 Å². The van der Waals surface area contributed by atoms with Gasteiger partial charge in [0.15, 0.2) is 0 Å². The summed E-state index contributed by atoms with van der Waals surface area (Å²) in [5.41, 5.74) is 1.05. The standard InChI is InChI=1S/C22H25ClN2O2S/c1-15(28-18-13-11-16(23)12-14-18)21(26)25-20-10-6-5-9-19(20)22(27)24-17-7-3-2-4-8-17/h5-6,9-15,17H,2-4,7-8H2,1H3,(H,24,27)(H,25,26)/t15-/m1/s1. The first-order valence-electron chi connectivity index (χ1n) is 9.66. The second kappa shape index (κ2) is 9.99. The quantitative estimate of drug-likeness (QED) is 0.609. The number of hydrogen-bond acceptors (Lipinski definition) is 3. The van der Waals surface area contributed by atoms with Crippen LogP contribution in [-0.2, 0) is 4.79 Å². The van der Waals surface area contributed by atoms with Gasteiger partial charge < -0.3 is 10.6 Å². The highest BCUT2D eigenvalue weighted by Crippen LogP contribution is 2.26. The summed E-state index contributed by atoms with van der Waals surface area (Å²) < 4.78 is 0. The lowest BCUT2D eigenvalue weighted by atomic mass is 9.95. The Morgan fingerprint density at radius 3 is 2.43 bits per heavy atom. The molecule has 0 radical (unpaired) electrons. The Balaban J connectivity index is 1.63. The maximum atomic E-state index is 12.7. The molecule has 0 unspecified atom stereocenters. The number of nitrogens with one attached hydrogen (secondary N) is 2. The SMILES string of the molecule is C[C@@H](Sc1ccc(Cl)cc1)C(=O)Nc1ccccc1C(=O)NC1CCCCC1. The Hall–Kier alpha value is -1.98. The third-order valence-corrected chi connectivity index (χ3v) is 6.23. The second-order valence-electron chi connectivity index (χ2n) is 7.06. The molecule has 0 aromatic heterocycles. The number of carbonyl (C=O) groups is 2. The van der Waals surface area contributed by atoms with Crippen LogP contribution in [0.1, 0.15) is 49.4 Å². The van der Waals surface area contributed by atoms with Crippen LogP contribution in [0.4, 0.5) is 5.69 Å². The van der Waals surface area contributed by atoms with Crippen LogP contribution < -0.4 is 10.6 Å². The monoisotopic (exact) mass is 416 g/mol. The van der Waals surface area contributed by atoms with Crippen LogP contribution in [0.15, 0.2) is 53.4 Å². The minimum atomic E-state index is -0.310. The molecule has 148 valence electrons. The van der Waals surface area contributed by atoms with Crippen molar-refractivity contribution < 1.29 is 9.59 Å². The van der Waals surface area contributed by atoms with E-state index in [1.165, 1.54) is 18.2 Å². The van der Waals surface area contributed by atoms with E-state index in [-0.39, 0.29) is 23.1 Å². The fraction of sp³-hybridized carbons (Fsp3) is 0.364. The Morgan fingerprint density at radius 2 is 1.71 bits per heavy atom. The van der Waals surface area contributed by atoms with Crippen LogP contribution in [0.5, 0.6) is 0 Å². The molecule has 0 spiro atoms. The van der Waals surface area contributed by atoms with Gasteiger partial charge in [-0.3, -0.25) is 9.59 Å². The van der Waals surface area contributed by atoms with Gasteiger partial charge in [0, 0.05) is 16.0 Å². The average molecular weight is 417 g/mol. The Bertz CT molecular complexity index is 820. The fourth-order valence-corrected chi connectivity index (χ4v) is 4.30. The third-order valence-electron chi connectivity index (χ3n) is 4.87. The van der Waals surface area contributed by atoms with Gasteiger partial charge in [0.05, 0.1) is 16.5 Å². The molecule has 0 heterocycles. The van der Waals surface area contributed by atoms with Crippen LogP contribution in [-0.4, -0.2) is 23.1 Å². The molecule has 1 aliphatic rings. The van der Waals surface area contributed by atoms with Gasteiger partial charge in [0.25, 0.3) is 5.91 Å². The zero-order chi connectivity index (χ0) is 19.9. The van der Waals surface area contributed by atoms with Gasteiger partial charge >= 0.3 is 0 Å². The molecule has 0 saturated heterocycles. The number of rotatable bonds is 6. The summed E-state index contributed by atoms with van der Waals surface area (Å²) in [6.45, 7) is 1.85. The van der Waals surface area contributed by atoms with Crippen molar-refractivity contribution in [1.29, 1.82) is 0 Å². The molecule has 1 fully saturated rings. The summed E-state index contributed by atoms with van der Waals surface area (Å²) in [5.74, 6) is -0.265. The zero-order valence-electron chi connectivity index (χ0n) is 15.9. The van der Waals surface area contributed by atoms with Gasteiger partial charge in [-0.1, -0.05) is 43.0 Å². The van der Waals surface area contributed by atoms with E-state index in [1.54, 1.807) is 24.3 Å². The minimum absolute atomic E-state index is 0.124. The topological polar surface area (TPSA) is 58.2 Å². The van der Waals surface area contributed by atoms with Crippen molar-refractivity contribution in [3.8, 4) is 0 Å². The van der Waals surface area contributed by atoms with E-state index >= 15 is 0 Å². The lowest BCUT2D eigenvalue weighted by molar-refractivity contribution is -0.115. The summed E-state index contributed by atoms with van der Waals surface area (Å²) >= 11 is 7.36. The molecule has 0 aliphatic heterocycles. The summed E-state index contributed by atoms with van der Waals surface area (Å²) in [7, 11) is 0. The van der Waals surface area contributed by atoms with Crippen LogP contribution >= 0.6 is 23.4 Å². The van der Waals surface area contributed by atoms with E-state index in [9.17, 15) is 9.59 Å². The molecule has 2 aromatic carbocycles. The van der Waals surface area contributed by atoms with Crippen molar-refractivity contribution >= 4 is 40.9 Å². The van der Waals surface area contributed by atoms with E-state index in [0.717, 1.165) is 30.6 Å². The van der Waals surface area contributed by atoms with Crippen molar-refractivity contribution in [2.24, 2.45) is 0 Å². The normalized spacial score (nSPS) is 15.6. The molecule has 1 aliphatic carbocycles. The third kappa shape index (κ3) is 5.76. The van der Waals surface area contributed by atoms with Crippen molar-refractivity contribution in [1.82, 2.24) is 5.32 Å². The highest BCUT2D eigenvalue weighted by atomic mass is 35.5. The highest BCUT2D eigenvalue weighted by Gasteiger charge is 2.21. The average Bonchev–Trinajstić information content (AvgIpc) is 2.70.